The van der Waals surface area contributed by atoms with Crippen LogP contribution in [0.2, 0.25) is 18.1 Å². The Balaban J connectivity index is 3.61. The summed E-state index contributed by atoms with van der Waals surface area (Å²) in [6, 6.07) is 3.46. The highest BCUT2D eigenvalue weighted by Gasteiger charge is 2.35. The fourth-order valence-electron chi connectivity index (χ4n) is 4.83. The summed E-state index contributed by atoms with van der Waals surface area (Å²) in [4.78, 5) is 12.4. The van der Waals surface area contributed by atoms with Crippen LogP contribution in [0.3, 0.4) is 0 Å². The van der Waals surface area contributed by atoms with Crippen molar-refractivity contribution in [1.82, 2.24) is 0 Å². The minimum Gasteiger partial charge on any atom is -0.519 e. The van der Waals surface area contributed by atoms with Crippen LogP contribution in [0.15, 0.2) is 0 Å². The van der Waals surface area contributed by atoms with Gasteiger partial charge in [-0.2, -0.15) is 0 Å². The molecule has 0 aromatic heterocycles. The highest BCUT2D eigenvalue weighted by Crippen LogP contribution is 2.28. The lowest BCUT2D eigenvalue weighted by Crippen LogP contribution is -2.40. The second kappa shape index (κ2) is 21.9. The Morgan fingerprint density at radius 2 is 0.833 bits per heavy atom. The van der Waals surface area contributed by atoms with E-state index in [0.717, 1.165) is 43.8 Å². The highest BCUT2D eigenvalue weighted by atomic mass is 28.4. The van der Waals surface area contributed by atoms with Gasteiger partial charge in [0.25, 0.3) is 14.3 Å². The molecule has 0 bridgehead atoms. The van der Waals surface area contributed by atoms with Gasteiger partial charge in [0.15, 0.2) is 0 Å². The van der Waals surface area contributed by atoms with Gasteiger partial charge in [0.1, 0.15) is 0 Å². The molecule has 3 heteroatoms. The normalized spacial score (nSPS) is 11.7. The fraction of sp³-hybridized carbons (Fsp3) is 0.963. The topological polar surface area (TPSA) is 26.3 Å². The lowest BCUT2D eigenvalue weighted by molar-refractivity contribution is -0.135. The Kier molecular flexibility index (Phi) is 21.7. The third-order valence-electron chi connectivity index (χ3n) is 6.43. The smallest absolute Gasteiger partial charge is 0.292 e. The first kappa shape index (κ1) is 29.7. The second-order valence-corrected chi connectivity index (χ2v) is 13.7. The molecule has 0 aromatic carbocycles. The van der Waals surface area contributed by atoms with E-state index in [2.05, 4.69) is 27.7 Å². The molecular weight excluding hydrogens is 384 g/mol. The van der Waals surface area contributed by atoms with E-state index in [9.17, 15) is 4.79 Å². The maximum atomic E-state index is 12.4. The molecule has 0 amide bonds. The average molecular weight is 441 g/mol. The van der Waals surface area contributed by atoms with Crippen molar-refractivity contribution in [2.75, 3.05) is 0 Å². The molecular formula is C27H56O2Si. The van der Waals surface area contributed by atoms with E-state index in [-0.39, 0.29) is 5.97 Å². The quantitative estimate of drug-likeness (QED) is 0.117. The highest BCUT2D eigenvalue weighted by molar-refractivity contribution is 6.75. The number of hydrogen-bond acceptors (Lipinski definition) is 2. The van der Waals surface area contributed by atoms with E-state index < -0.39 is 8.32 Å². The van der Waals surface area contributed by atoms with Gasteiger partial charge in [0.2, 0.25) is 0 Å². The Morgan fingerprint density at radius 3 is 1.17 bits per heavy atom. The molecule has 0 heterocycles. The van der Waals surface area contributed by atoms with E-state index in [1.54, 1.807) is 0 Å². The molecule has 0 aliphatic heterocycles. The van der Waals surface area contributed by atoms with Gasteiger partial charge >= 0.3 is 0 Å². The van der Waals surface area contributed by atoms with Crippen LogP contribution in [0, 0.1) is 0 Å². The third kappa shape index (κ3) is 17.4. The van der Waals surface area contributed by atoms with Gasteiger partial charge < -0.3 is 4.43 Å². The molecule has 0 atom stereocenters. The van der Waals surface area contributed by atoms with Crippen molar-refractivity contribution in [3.8, 4) is 0 Å². The zero-order valence-corrected chi connectivity index (χ0v) is 22.4. The second-order valence-electron chi connectivity index (χ2n) is 9.61. The van der Waals surface area contributed by atoms with Crippen LogP contribution in [0.4, 0.5) is 0 Å². The van der Waals surface area contributed by atoms with Gasteiger partial charge in [0, 0.05) is 6.42 Å². The van der Waals surface area contributed by atoms with Crippen molar-refractivity contribution in [3.05, 3.63) is 0 Å². The summed E-state index contributed by atoms with van der Waals surface area (Å²) in [6.45, 7) is 8.98. The van der Waals surface area contributed by atoms with Crippen LogP contribution >= 0.6 is 0 Å². The summed E-state index contributed by atoms with van der Waals surface area (Å²) < 4.78 is 6.18. The molecule has 0 fully saturated rings. The molecule has 180 valence electrons. The van der Waals surface area contributed by atoms with Crippen molar-refractivity contribution >= 4 is 14.3 Å². The van der Waals surface area contributed by atoms with Gasteiger partial charge in [-0.15, -0.1) is 0 Å². The van der Waals surface area contributed by atoms with Crippen molar-refractivity contribution in [2.24, 2.45) is 0 Å². The molecule has 0 unspecified atom stereocenters. The number of hydrogen-bond donors (Lipinski definition) is 0. The lowest BCUT2D eigenvalue weighted by Gasteiger charge is -2.30. The summed E-state index contributed by atoms with van der Waals surface area (Å²) in [7, 11) is -1.82. The van der Waals surface area contributed by atoms with Crippen LogP contribution in [0.1, 0.15) is 150 Å². The third-order valence-corrected chi connectivity index (χ3v) is 11.3. The van der Waals surface area contributed by atoms with Crippen molar-refractivity contribution in [3.63, 3.8) is 0 Å². The average Bonchev–Trinajstić information content (AvgIpc) is 2.71. The zero-order chi connectivity index (χ0) is 22.3. The van der Waals surface area contributed by atoms with E-state index >= 15 is 0 Å². The van der Waals surface area contributed by atoms with Crippen LogP contribution < -0.4 is 0 Å². The van der Waals surface area contributed by atoms with Crippen LogP contribution in [-0.4, -0.2) is 14.3 Å². The maximum Gasteiger partial charge on any atom is 0.292 e. The molecule has 0 aliphatic rings. The predicted molar refractivity (Wildman–Crippen MR) is 137 cm³/mol. The van der Waals surface area contributed by atoms with Gasteiger partial charge in [-0.3, -0.25) is 4.79 Å². The lowest BCUT2D eigenvalue weighted by atomic mass is 10.0. The fourth-order valence-corrected chi connectivity index (χ4v) is 9.20. The molecule has 30 heavy (non-hydrogen) atoms. The molecule has 0 saturated heterocycles. The van der Waals surface area contributed by atoms with Crippen LogP contribution in [-0.2, 0) is 9.22 Å². The van der Waals surface area contributed by atoms with Crippen molar-refractivity contribution < 1.29 is 9.22 Å². The molecule has 0 aliphatic carbocycles. The number of rotatable bonds is 23. The van der Waals surface area contributed by atoms with Crippen molar-refractivity contribution in [2.45, 2.75) is 168 Å². The zero-order valence-electron chi connectivity index (χ0n) is 21.4. The molecule has 0 aromatic rings. The Bertz CT molecular complexity index is 353. The van der Waals surface area contributed by atoms with Gasteiger partial charge in [0.05, 0.1) is 0 Å². The molecule has 2 nitrogen and oxygen atoms in total. The minimum atomic E-state index is -1.82. The summed E-state index contributed by atoms with van der Waals surface area (Å²) in [5.41, 5.74) is 0. The van der Waals surface area contributed by atoms with Gasteiger partial charge in [-0.1, -0.05) is 137 Å². The molecule has 0 radical (unpaired) electrons. The number of carbonyl (C=O) groups is 1. The first-order valence-corrected chi connectivity index (χ1v) is 16.4. The predicted octanol–water partition coefficient (Wildman–Crippen LogP) is 9.97. The summed E-state index contributed by atoms with van der Waals surface area (Å²) in [6.07, 6.45) is 24.5. The van der Waals surface area contributed by atoms with Gasteiger partial charge in [-0.05, 0) is 24.6 Å². The minimum absolute atomic E-state index is 0.103. The van der Waals surface area contributed by atoms with Gasteiger partial charge in [-0.25, -0.2) is 0 Å². The Morgan fingerprint density at radius 1 is 0.500 bits per heavy atom. The van der Waals surface area contributed by atoms with E-state index in [1.807, 2.05) is 0 Å². The molecule has 0 rings (SSSR count). The summed E-state index contributed by atoms with van der Waals surface area (Å²) in [5.74, 6) is 0.103. The number of carbonyl (C=O) groups excluding carboxylic acids is 1. The first-order valence-electron chi connectivity index (χ1n) is 13.9. The molecule has 0 saturated carbocycles. The standard InChI is InChI=1S/C27H56O2Si/c1-5-9-10-11-12-13-14-15-16-17-18-19-20-21-22-23-27(28)29-30(24-6-2,25-7-3)26-8-4/h5-26H2,1-4H3. The number of unbranched alkanes of at least 4 members (excludes halogenated alkanes) is 14. The van der Waals surface area contributed by atoms with Crippen LogP contribution in [0.25, 0.3) is 0 Å². The van der Waals surface area contributed by atoms with Crippen LogP contribution in [0.5, 0.6) is 0 Å². The summed E-state index contributed by atoms with van der Waals surface area (Å²) >= 11 is 0. The van der Waals surface area contributed by atoms with E-state index in [1.165, 1.54) is 89.9 Å². The van der Waals surface area contributed by atoms with E-state index in [4.69, 9.17) is 4.43 Å². The maximum absolute atomic E-state index is 12.4. The Hall–Kier alpha value is -0.313. The first-order chi connectivity index (χ1) is 14.6. The Labute approximate surface area is 191 Å². The molecule has 0 N–H and O–H groups in total. The largest absolute Gasteiger partial charge is 0.519 e. The monoisotopic (exact) mass is 440 g/mol. The van der Waals surface area contributed by atoms with Crippen molar-refractivity contribution in [1.29, 1.82) is 0 Å². The SMILES string of the molecule is CCCCCCCCCCCCCCCCCC(=O)O[Si](CCC)(CCC)CCC. The van der Waals surface area contributed by atoms with E-state index in [0.29, 0.717) is 6.42 Å². The summed E-state index contributed by atoms with van der Waals surface area (Å²) in [5, 5.41) is 0. The molecule has 0 spiro atoms.